The molecular formula is C23H23N5O2S2. The van der Waals surface area contributed by atoms with E-state index in [0.717, 1.165) is 16.3 Å². The summed E-state index contributed by atoms with van der Waals surface area (Å²) in [5.74, 6) is 0.205. The number of nitrogens with zero attached hydrogens (tertiary/aromatic N) is 3. The molecule has 0 aliphatic carbocycles. The van der Waals surface area contributed by atoms with Gasteiger partial charge in [-0.15, -0.1) is 16.4 Å². The fraction of sp³-hybridized carbons (Fsp3) is 0.217. The van der Waals surface area contributed by atoms with Crippen LogP contribution in [0.25, 0.3) is 15.8 Å². The Bertz CT molecular complexity index is 1210. The van der Waals surface area contributed by atoms with E-state index in [2.05, 4.69) is 39.1 Å². The zero-order valence-electron chi connectivity index (χ0n) is 17.8. The van der Waals surface area contributed by atoms with Crippen molar-refractivity contribution in [3.63, 3.8) is 0 Å². The molecule has 4 rings (SSSR count). The molecular weight excluding hydrogens is 442 g/mol. The van der Waals surface area contributed by atoms with Gasteiger partial charge in [0.25, 0.3) is 11.8 Å². The van der Waals surface area contributed by atoms with Crippen LogP contribution in [-0.2, 0) is 12.3 Å². The van der Waals surface area contributed by atoms with Crippen LogP contribution in [0.1, 0.15) is 38.3 Å². The van der Waals surface area contributed by atoms with Crippen molar-refractivity contribution in [1.29, 1.82) is 0 Å². The molecule has 0 radical (unpaired) electrons. The minimum Gasteiger partial charge on any atom is -0.352 e. The second-order valence-electron chi connectivity index (χ2n) is 7.07. The van der Waals surface area contributed by atoms with Crippen molar-refractivity contribution >= 4 is 45.0 Å². The summed E-state index contributed by atoms with van der Waals surface area (Å²) in [7, 11) is 0. The Morgan fingerprint density at radius 1 is 1.06 bits per heavy atom. The molecule has 0 unspecified atom stereocenters. The number of rotatable bonds is 8. The van der Waals surface area contributed by atoms with E-state index in [1.807, 2.05) is 37.4 Å². The number of amides is 2. The molecule has 2 aromatic carbocycles. The summed E-state index contributed by atoms with van der Waals surface area (Å²) in [5.41, 5.74) is 2.35. The Hall–Kier alpha value is -3.17. The highest BCUT2D eigenvalue weighted by Gasteiger charge is 2.20. The van der Waals surface area contributed by atoms with Crippen LogP contribution in [0, 0.1) is 0 Å². The van der Waals surface area contributed by atoms with Gasteiger partial charge in [0, 0.05) is 27.4 Å². The van der Waals surface area contributed by atoms with Gasteiger partial charge in [0.05, 0.1) is 17.9 Å². The summed E-state index contributed by atoms with van der Waals surface area (Å²) in [4.78, 5) is 26.0. The maximum atomic E-state index is 12.9. The molecule has 0 atom stereocenters. The third kappa shape index (κ3) is 4.68. The maximum Gasteiger partial charge on any atom is 0.274 e. The summed E-state index contributed by atoms with van der Waals surface area (Å²) in [6.07, 6.45) is 1.97. The Kier molecular flexibility index (Phi) is 6.87. The van der Waals surface area contributed by atoms with E-state index in [0.29, 0.717) is 30.1 Å². The third-order valence-corrected chi connectivity index (χ3v) is 6.55. The second kappa shape index (κ2) is 9.97. The second-order valence-corrected chi connectivity index (χ2v) is 9.10. The van der Waals surface area contributed by atoms with Crippen LogP contribution in [-0.4, -0.2) is 39.6 Å². The predicted molar refractivity (Wildman–Crippen MR) is 130 cm³/mol. The van der Waals surface area contributed by atoms with E-state index in [1.54, 1.807) is 39.9 Å². The first-order valence-corrected chi connectivity index (χ1v) is 12.4. The average Bonchev–Trinajstić information content (AvgIpc) is 3.42. The zero-order chi connectivity index (χ0) is 22.5. The van der Waals surface area contributed by atoms with Crippen molar-refractivity contribution in [2.45, 2.75) is 19.2 Å². The van der Waals surface area contributed by atoms with Crippen molar-refractivity contribution in [2.24, 2.45) is 0 Å². The Morgan fingerprint density at radius 3 is 2.56 bits per heavy atom. The summed E-state index contributed by atoms with van der Waals surface area (Å²) in [6.45, 7) is 2.89. The lowest BCUT2D eigenvalue weighted by atomic mass is 10.2. The standard InChI is InChI=1S/C23H23N5O2S2/c1-3-24-22(29)15-8-10-17(11-9-15)28-19(14-31-2)21(26-27-28)23(30)25-13-18-12-16-6-4-5-7-20(16)32-18/h4-12H,3,13-14H2,1-2H3,(H,24,29)(H,25,30). The fourth-order valence-electron chi connectivity index (χ4n) is 3.34. The molecule has 164 valence electrons. The van der Waals surface area contributed by atoms with Gasteiger partial charge in [0.15, 0.2) is 5.69 Å². The topological polar surface area (TPSA) is 88.9 Å². The van der Waals surface area contributed by atoms with E-state index >= 15 is 0 Å². The van der Waals surface area contributed by atoms with Crippen molar-refractivity contribution in [3.8, 4) is 5.69 Å². The van der Waals surface area contributed by atoms with Crippen LogP contribution in [0.4, 0.5) is 0 Å². The van der Waals surface area contributed by atoms with Gasteiger partial charge in [-0.05, 0) is 55.0 Å². The molecule has 0 saturated carbocycles. The third-order valence-electron chi connectivity index (χ3n) is 4.87. The SMILES string of the molecule is CCNC(=O)c1ccc(-n2nnc(C(=O)NCc3cc4ccccc4s3)c2CSC)cc1. The number of carbonyl (C=O) groups is 2. The van der Waals surface area contributed by atoms with Gasteiger partial charge in [-0.3, -0.25) is 9.59 Å². The first-order valence-electron chi connectivity index (χ1n) is 10.2. The minimum absolute atomic E-state index is 0.122. The van der Waals surface area contributed by atoms with Crippen molar-refractivity contribution in [1.82, 2.24) is 25.6 Å². The summed E-state index contributed by atoms with van der Waals surface area (Å²) in [6, 6.07) is 17.4. The molecule has 0 spiro atoms. The van der Waals surface area contributed by atoms with Gasteiger partial charge in [-0.1, -0.05) is 23.4 Å². The van der Waals surface area contributed by atoms with Crippen LogP contribution >= 0.6 is 23.1 Å². The summed E-state index contributed by atoms with van der Waals surface area (Å²) < 4.78 is 2.86. The Morgan fingerprint density at radius 2 is 1.84 bits per heavy atom. The smallest absolute Gasteiger partial charge is 0.274 e. The number of fused-ring (bicyclic) bond motifs is 1. The zero-order valence-corrected chi connectivity index (χ0v) is 19.4. The summed E-state index contributed by atoms with van der Waals surface area (Å²) in [5, 5.41) is 15.3. The fourth-order valence-corrected chi connectivity index (χ4v) is 4.88. The number of carbonyl (C=O) groups excluding carboxylic acids is 2. The van der Waals surface area contributed by atoms with Gasteiger partial charge in [-0.25, -0.2) is 4.68 Å². The molecule has 9 heteroatoms. The van der Waals surface area contributed by atoms with Crippen LogP contribution < -0.4 is 10.6 Å². The normalized spacial score (nSPS) is 10.9. The van der Waals surface area contributed by atoms with Gasteiger partial charge < -0.3 is 10.6 Å². The Balaban J connectivity index is 1.53. The van der Waals surface area contributed by atoms with Gasteiger partial charge in [0.2, 0.25) is 0 Å². The highest BCUT2D eigenvalue weighted by atomic mass is 32.2. The molecule has 2 amide bonds. The molecule has 0 bridgehead atoms. The van der Waals surface area contributed by atoms with E-state index in [-0.39, 0.29) is 11.8 Å². The lowest BCUT2D eigenvalue weighted by Crippen LogP contribution is -2.24. The lowest BCUT2D eigenvalue weighted by molar-refractivity contribution is 0.0941. The number of hydrogen-bond donors (Lipinski definition) is 2. The summed E-state index contributed by atoms with van der Waals surface area (Å²) >= 11 is 3.25. The molecule has 2 aromatic heterocycles. The predicted octanol–water partition coefficient (Wildman–Crippen LogP) is 4.02. The first-order chi connectivity index (χ1) is 15.6. The molecule has 0 aliphatic rings. The number of hydrogen-bond acceptors (Lipinski definition) is 6. The van der Waals surface area contributed by atoms with Gasteiger partial charge in [0.1, 0.15) is 0 Å². The molecule has 0 saturated heterocycles. The first kappa shape index (κ1) is 22.0. The van der Waals surface area contributed by atoms with E-state index in [4.69, 9.17) is 0 Å². The average molecular weight is 466 g/mol. The minimum atomic E-state index is -0.253. The van der Waals surface area contributed by atoms with Gasteiger partial charge in [-0.2, -0.15) is 11.8 Å². The number of thiophene rings is 1. The van der Waals surface area contributed by atoms with Crippen molar-refractivity contribution < 1.29 is 9.59 Å². The number of benzene rings is 2. The van der Waals surface area contributed by atoms with E-state index < -0.39 is 0 Å². The lowest BCUT2D eigenvalue weighted by Gasteiger charge is -2.08. The highest BCUT2D eigenvalue weighted by Crippen LogP contribution is 2.25. The molecule has 2 heterocycles. The van der Waals surface area contributed by atoms with Crippen LogP contribution in [0.3, 0.4) is 0 Å². The molecule has 7 nitrogen and oxygen atoms in total. The number of nitrogens with one attached hydrogen (secondary N) is 2. The van der Waals surface area contributed by atoms with Crippen LogP contribution in [0.15, 0.2) is 54.6 Å². The van der Waals surface area contributed by atoms with Gasteiger partial charge >= 0.3 is 0 Å². The van der Waals surface area contributed by atoms with Crippen LogP contribution in [0.2, 0.25) is 0 Å². The van der Waals surface area contributed by atoms with Crippen LogP contribution in [0.5, 0.6) is 0 Å². The monoisotopic (exact) mass is 465 g/mol. The number of thioether (sulfide) groups is 1. The largest absolute Gasteiger partial charge is 0.352 e. The highest BCUT2D eigenvalue weighted by molar-refractivity contribution is 7.97. The molecule has 0 aliphatic heterocycles. The van der Waals surface area contributed by atoms with E-state index in [1.165, 1.54) is 10.1 Å². The molecule has 2 N–H and O–H groups in total. The maximum absolute atomic E-state index is 12.9. The van der Waals surface area contributed by atoms with Crippen molar-refractivity contribution in [3.05, 3.63) is 76.4 Å². The molecule has 4 aromatic rings. The molecule has 0 fully saturated rings. The van der Waals surface area contributed by atoms with E-state index in [9.17, 15) is 9.59 Å². The van der Waals surface area contributed by atoms with Crippen molar-refractivity contribution in [2.75, 3.05) is 12.8 Å². The Labute approximate surface area is 194 Å². The molecule has 32 heavy (non-hydrogen) atoms. The quantitative estimate of drug-likeness (QED) is 0.410. The number of aromatic nitrogens is 3.